The van der Waals surface area contributed by atoms with E-state index >= 15 is 8.78 Å². The summed E-state index contributed by atoms with van der Waals surface area (Å²) in [5, 5.41) is 0. The standard InChI is InChI=1S/C25H25F2NO2S/c1-24(2,3)31(30)28-22(25(26,27)23(29)21-12-8-5-9-13-21)20-16-14-19(15-17-20)18-10-6-4-7-11-18/h4-17,22,28H,1-3H3/t22-,31?/m1/s1. The summed E-state index contributed by atoms with van der Waals surface area (Å²) < 4.78 is 45.4. The van der Waals surface area contributed by atoms with Crippen LogP contribution < -0.4 is 4.72 Å². The second kappa shape index (κ2) is 9.20. The minimum Gasteiger partial charge on any atom is -0.287 e. The van der Waals surface area contributed by atoms with E-state index in [0.717, 1.165) is 11.1 Å². The Kier molecular flexibility index (Phi) is 6.82. The van der Waals surface area contributed by atoms with Gasteiger partial charge in [-0.2, -0.15) is 8.78 Å². The summed E-state index contributed by atoms with van der Waals surface area (Å²) in [5.74, 6) is -5.13. The third-order valence-electron chi connectivity index (χ3n) is 4.83. The van der Waals surface area contributed by atoms with Crippen molar-refractivity contribution in [3.63, 3.8) is 0 Å². The molecule has 0 aliphatic rings. The number of halogens is 2. The molecule has 0 aliphatic carbocycles. The Bertz CT molecular complexity index is 1050. The van der Waals surface area contributed by atoms with Gasteiger partial charge in [0.25, 0.3) is 0 Å². The smallest absolute Gasteiger partial charge is 0.287 e. The Morgan fingerprint density at radius 1 is 0.806 bits per heavy atom. The lowest BCUT2D eigenvalue weighted by molar-refractivity contribution is -0.0108. The van der Waals surface area contributed by atoms with E-state index < -0.39 is 33.5 Å². The fourth-order valence-corrected chi connectivity index (χ4v) is 3.90. The van der Waals surface area contributed by atoms with Gasteiger partial charge in [-0.25, -0.2) is 8.93 Å². The Morgan fingerprint density at radius 3 is 1.81 bits per heavy atom. The lowest BCUT2D eigenvalue weighted by atomic mass is 9.93. The van der Waals surface area contributed by atoms with Gasteiger partial charge in [-0.3, -0.25) is 4.79 Å². The van der Waals surface area contributed by atoms with Crippen molar-refractivity contribution in [3.05, 3.63) is 96.1 Å². The predicted octanol–water partition coefficient (Wildman–Crippen LogP) is 5.96. The molecule has 3 rings (SSSR count). The number of carbonyl (C=O) groups excluding carboxylic acids is 1. The molecule has 6 heteroatoms. The second-order valence-electron chi connectivity index (χ2n) is 8.24. The van der Waals surface area contributed by atoms with Crippen LogP contribution in [0.2, 0.25) is 0 Å². The number of alkyl halides is 2. The number of carbonyl (C=O) groups is 1. The maximum absolute atomic E-state index is 15.5. The zero-order valence-corrected chi connectivity index (χ0v) is 18.5. The molecule has 0 bridgehead atoms. The maximum Gasteiger partial charge on any atom is 0.329 e. The summed E-state index contributed by atoms with van der Waals surface area (Å²) >= 11 is 0. The highest BCUT2D eigenvalue weighted by molar-refractivity contribution is 7.84. The van der Waals surface area contributed by atoms with Crippen LogP contribution in [0, 0.1) is 0 Å². The summed E-state index contributed by atoms with van der Waals surface area (Å²) in [6, 6.07) is 21.8. The fourth-order valence-electron chi connectivity index (χ4n) is 3.05. The van der Waals surface area contributed by atoms with Crippen LogP contribution >= 0.6 is 0 Å². The molecule has 0 fully saturated rings. The van der Waals surface area contributed by atoms with Crippen molar-refractivity contribution < 1.29 is 17.8 Å². The highest BCUT2D eigenvalue weighted by atomic mass is 32.2. The van der Waals surface area contributed by atoms with Gasteiger partial charge in [0.1, 0.15) is 6.04 Å². The third kappa shape index (κ3) is 5.32. The molecule has 3 aromatic rings. The molecule has 0 amide bonds. The van der Waals surface area contributed by atoms with Gasteiger partial charge in [-0.15, -0.1) is 0 Å². The van der Waals surface area contributed by atoms with Gasteiger partial charge < -0.3 is 0 Å². The first-order chi connectivity index (χ1) is 14.6. The van der Waals surface area contributed by atoms with Gasteiger partial charge in [-0.05, 0) is 37.5 Å². The largest absolute Gasteiger partial charge is 0.329 e. The third-order valence-corrected chi connectivity index (χ3v) is 6.40. The lowest BCUT2D eigenvalue weighted by Crippen LogP contribution is -2.47. The van der Waals surface area contributed by atoms with Crippen molar-refractivity contribution in [2.45, 2.75) is 37.5 Å². The van der Waals surface area contributed by atoms with Gasteiger partial charge in [0, 0.05) is 5.56 Å². The number of benzene rings is 3. The molecule has 1 N–H and O–H groups in total. The molecular weight excluding hydrogens is 416 g/mol. The number of rotatable bonds is 7. The first-order valence-corrected chi connectivity index (χ1v) is 11.1. The van der Waals surface area contributed by atoms with Crippen molar-refractivity contribution in [1.29, 1.82) is 0 Å². The number of ketones is 1. The molecule has 0 spiro atoms. The van der Waals surface area contributed by atoms with Crippen LogP contribution in [-0.4, -0.2) is 20.7 Å². The van der Waals surface area contributed by atoms with E-state index in [9.17, 15) is 9.00 Å². The van der Waals surface area contributed by atoms with Crippen LogP contribution in [0.25, 0.3) is 11.1 Å². The quantitative estimate of drug-likeness (QED) is 0.460. The molecule has 0 heterocycles. The van der Waals surface area contributed by atoms with Gasteiger partial charge in [0.15, 0.2) is 0 Å². The zero-order valence-electron chi connectivity index (χ0n) is 17.6. The van der Waals surface area contributed by atoms with E-state index in [1.165, 1.54) is 24.3 Å². The highest BCUT2D eigenvalue weighted by Crippen LogP contribution is 2.36. The molecule has 31 heavy (non-hydrogen) atoms. The molecule has 3 aromatic carbocycles. The van der Waals surface area contributed by atoms with Gasteiger partial charge in [0.05, 0.1) is 15.7 Å². The van der Waals surface area contributed by atoms with Crippen LogP contribution in [-0.2, 0) is 11.0 Å². The van der Waals surface area contributed by atoms with Crippen molar-refractivity contribution in [2.24, 2.45) is 0 Å². The van der Waals surface area contributed by atoms with E-state index in [-0.39, 0.29) is 11.1 Å². The first-order valence-electron chi connectivity index (χ1n) is 9.92. The summed E-state index contributed by atoms with van der Waals surface area (Å²) in [7, 11) is -1.81. The topological polar surface area (TPSA) is 46.2 Å². The van der Waals surface area contributed by atoms with Crippen molar-refractivity contribution in [1.82, 2.24) is 4.72 Å². The Labute approximate surface area is 184 Å². The van der Waals surface area contributed by atoms with Crippen LogP contribution in [0.4, 0.5) is 8.78 Å². The minimum atomic E-state index is -3.81. The molecular formula is C25H25F2NO2S. The molecule has 3 nitrogen and oxygen atoms in total. The van der Waals surface area contributed by atoms with Gasteiger partial charge in [-0.1, -0.05) is 84.9 Å². The van der Waals surface area contributed by atoms with E-state index in [0.29, 0.717) is 0 Å². The predicted molar refractivity (Wildman–Crippen MR) is 121 cm³/mol. The van der Waals surface area contributed by atoms with E-state index in [1.54, 1.807) is 51.1 Å². The Morgan fingerprint density at radius 2 is 1.29 bits per heavy atom. The molecule has 0 aliphatic heterocycles. The SMILES string of the molecule is CC(C)(C)S(=O)N[C@H](c1ccc(-c2ccccc2)cc1)C(F)(F)C(=O)c1ccccc1. The number of Topliss-reactive ketones (excluding diaryl/α,β-unsaturated/α-hetero) is 1. The average molecular weight is 442 g/mol. The molecule has 0 saturated heterocycles. The number of hydrogen-bond acceptors (Lipinski definition) is 2. The van der Waals surface area contributed by atoms with Crippen molar-refractivity contribution in [2.75, 3.05) is 0 Å². The normalized spacial score (nSPS) is 14.1. The molecule has 0 aromatic heterocycles. The van der Waals surface area contributed by atoms with Gasteiger partial charge in [0.2, 0.25) is 5.78 Å². The van der Waals surface area contributed by atoms with Crippen LogP contribution in [0.15, 0.2) is 84.9 Å². The molecule has 162 valence electrons. The average Bonchev–Trinajstić information content (AvgIpc) is 2.77. The van der Waals surface area contributed by atoms with Crippen molar-refractivity contribution in [3.8, 4) is 11.1 Å². The number of nitrogens with one attached hydrogen (secondary N) is 1. The highest BCUT2D eigenvalue weighted by Gasteiger charge is 2.49. The Balaban J connectivity index is 2.00. The summed E-state index contributed by atoms with van der Waals surface area (Å²) in [5.41, 5.74) is 1.90. The molecule has 0 saturated carbocycles. The van der Waals surface area contributed by atoms with E-state index in [4.69, 9.17) is 0 Å². The minimum absolute atomic E-state index is 0.0956. The van der Waals surface area contributed by atoms with Crippen LogP contribution in [0.1, 0.15) is 42.7 Å². The maximum atomic E-state index is 15.5. The van der Waals surface area contributed by atoms with Crippen LogP contribution in [0.5, 0.6) is 0 Å². The monoisotopic (exact) mass is 441 g/mol. The Hall–Kier alpha value is -2.70. The van der Waals surface area contributed by atoms with E-state index in [1.807, 2.05) is 30.3 Å². The summed E-state index contributed by atoms with van der Waals surface area (Å²) in [4.78, 5) is 12.7. The van der Waals surface area contributed by atoms with Gasteiger partial charge >= 0.3 is 5.92 Å². The first kappa shape index (κ1) is 23.0. The number of hydrogen-bond donors (Lipinski definition) is 1. The summed E-state index contributed by atoms with van der Waals surface area (Å²) in [6.07, 6.45) is 0. The van der Waals surface area contributed by atoms with Crippen molar-refractivity contribution >= 4 is 16.8 Å². The molecule has 2 atom stereocenters. The second-order valence-corrected chi connectivity index (χ2v) is 10.2. The summed E-state index contributed by atoms with van der Waals surface area (Å²) in [6.45, 7) is 5.05. The molecule has 1 unspecified atom stereocenters. The molecule has 0 radical (unpaired) electrons. The van der Waals surface area contributed by atoms with E-state index in [2.05, 4.69) is 4.72 Å². The van der Waals surface area contributed by atoms with Crippen LogP contribution in [0.3, 0.4) is 0 Å². The fraction of sp³-hybridized carbons (Fsp3) is 0.240. The zero-order chi connectivity index (χ0) is 22.6. The lowest BCUT2D eigenvalue weighted by Gasteiger charge is -2.30.